The topological polar surface area (TPSA) is 124 Å². The second-order valence-corrected chi connectivity index (χ2v) is 6.06. The minimum Gasteiger partial charge on any atom is -0.365 e. The zero-order valence-electron chi connectivity index (χ0n) is 14.8. The van der Waals surface area contributed by atoms with Gasteiger partial charge in [0, 0.05) is 12.7 Å². The van der Waals surface area contributed by atoms with E-state index < -0.39 is 5.91 Å². The number of carbonyl (C=O) groups excluding carboxylic acids is 1. The first-order valence-electron chi connectivity index (χ1n) is 8.36. The number of nitrogens with zero attached hydrogens (tertiary/aromatic N) is 6. The summed E-state index contributed by atoms with van der Waals surface area (Å²) >= 11 is 0. The van der Waals surface area contributed by atoms with Gasteiger partial charge in [-0.3, -0.25) is 9.20 Å². The third kappa shape index (κ3) is 3.22. The van der Waals surface area contributed by atoms with Crippen LogP contribution in [-0.2, 0) is 6.54 Å². The molecule has 0 fully saturated rings. The molecule has 0 bridgehead atoms. The zero-order valence-corrected chi connectivity index (χ0v) is 14.8. The van der Waals surface area contributed by atoms with E-state index in [0.717, 1.165) is 5.56 Å². The van der Waals surface area contributed by atoms with Crippen LogP contribution in [0.5, 0.6) is 0 Å². The van der Waals surface area contributed by atoms with Crippen LogP contribution >= 0.6 is 0 Å². The molecule has 1 amide bonds. The standard InChI is InChI=1S/C18H15FN8O/c1-10-15(21-9-11-4-2-5-12(19)8-11)22-16(24-23-10)18-26-25-17-13(14(20)28)6-3-7-27(17)18/h2-8H,9H2,1H3,(H2,20,28)(H,21,22,24). The van der Waals surface area contributed by atoms with E-state index >= 15 is 0 Å². The molecule has 1 aromatic carbocycles. The maximum absolute atomic E-state index is 13.3. The molecular weight excluding hydrogens is 363 g/mol. The van der Waals surface area contributed by atoms with Crippen LogP contribution in [0.15, 0.2) is 42.6 Å². The largest absolute Gasteiger partial charge is 0.365 e. The van der Waals surface area contributed by atoms with E-state index in [9.17, 15) is 9.18 Å². The van der Waals surface area contributed by atoms with Crippen LogP contribution < -0.4 is 11.1 Å². The molecule has 4 rings (SSSR count). The number of rotatable bonds is 5. The molecule has 3 heterocycles. The Bertz CT molecular complexity index is 1190. The van der Waals surface area contributed by atoms with Crippen LogP contribution in [0.1, 0.15) is 21.6 Å². The fraction of sp³-hybridized carbons (Fsp3) is 0.111. The Morgan fingerprint density at radius 1 is 1.18 bits per heavy atom. The molecule has 0 saturated carbocycles. The van der Waals surface area contributed by atoms with Gasteiger partial charge in [-0.1, -0.05) is 12.1 Å². The Hall–Kier alpha value is -3.95. The third-order valence-electron chi connectivity index (χ3n) is 4.10. The monoisotopic (exact) mass is 378 g/mol. The van der Waals surface area contributed by atoms with E-state index in [-0.39, 0.29) is 17.2 Å². The summed E-state index contributed by atoms with van der Waals surface area (Å²) in [5.74, 6) is 0.112. The van der Waals surface area contributed by atoms with Crippen molar-refractivity contribution in [3.05, 3.63) is 65.2 Å². The third-order valence-corrected chi connectivity index (χ3v) is 4.10. The number of nitrogens with one attached hydrogen (secondary N) is 1. The van der Waals surface area contributed by atoms with Crippen molar-refractivity contribution < 1.29 is 9.18 Å². The summed E-state index contributed by atoms with van der Waals surface area (Å²) in [5, 5.41) is 19.4. The number of nitrogens with two attached hydrogens (primary N) is 1. The predicted molar refractivity (Wildman–Crippen MR) is 98.8 cm³/mol. The molecule has 4 aromatic rings. The molecular formula is C18H15FN8O. The average molecular weight is 378 g/mol. The summed E-state index contributed by atoms with van der Waals surface area (Å²) in [5.41, 5.74) is 7.27. The number of halogens is 1. The molecule has 0 radical (unpaired) electrons. The van der Waals surface area contributed by atoms with Gasteiger partial charge in [0.1, 0.15) is 11.5 Å². The first kappa shape index (κ1) is 17.5. The number of amides is 1. The Balaban J connectivity index is 1.68. The van der Waals surface area contributed by atoms with Crippen molar-refractivity contribution >= 4 is 17.4 Å². The van der Waals surface area contributed by atoms with E-state index in [0.29, 0.717) is 29.5 Å². The van der Waals surface area contributed by atoms with Crippen molar-refractivity contribution in [1.29, 1.82) is 0 Å². The molecule has 9 nitrogen and oxygen atoms in total. The van der Waals surface area contributed by atoms with Crippen molar-refractivity contribution in [3.8, 4) is 11.6 Å². The van der Waals surface area contributed by atoms with Gasteiger partial charge in [-0.05, 0) is 36.8 Å². The lowest BCUT2D eigenvalue weighted by molar-refractivity contribution is 0.100. The molecule has 3 aromatic heterocycles. The summed E-state index contributed by atoms with van der Waals surface area (Å²) in [6, 6.07) is 9.49. The van der Waals surface area contributed by atoms with Crippen molar-refractivity contribution in [2.24, 2.45) is 5.73 Å². The molecule has 0 aliphatic heterocycles. The Kier molecular flexibility index (Phi) is 4.36. The minimum atomic E-state index is -0.607. The summed E-state index contributed by atoms with van der Waals surface area (Å²) in [6.45, 7) is 2.12. The van der Waals surface area contributed by atoms with Crippen LogP contribution in [-0.4, -0.2) is 35.7 Å². The van der Waals surface area contributed by atoms with Crippen LogP contribution in [0.3, 0.4) is 0 Å². The number of anilines is 1. The lowest BCUT2D eigenvalue weighted by atomic mass is 10.2. The molecule has 0 aliphatic rings. The first-order chi connectivity index (χ1) is 13.5. The number of primary amides is 1. The van der Waals surface area contributed by atoms with Gasteiger partial charge in [0.15, 0.2) is 11.5 Å². The second kappa shape index (κ2) is 6.99. The quantitative estimate of drug-likeness (QED) is 0.542. The second-order valence-electron chi connectivity index (χ2n) is 6.06. The summed E-state index contributed by atoms with van der Waals surface area (Å²) < 4.78 is 14.9. The smallest absolute Gasteiger partial charge is 0.252 e. The number of pyridine rings is 1. The molecule has 0 saturated heterocycles. The van der Waals surface area contributed by atoms with Crippen molar-refractivity contribution in [1.82, 2.24) is 29.8 Å². The van der Waals surface area contributed by atoms with E-state index in [1.54, 1.807) is 41.8 Å². The molecule has 0 unspecified atom stereocenters. The SMILES string of the molecule is Cc1nnc(-c2nnc3c(C(N)=O)cccn23)nc1NCc1cccc(F)c1. The van der Waals surface area contributed by atoms with Gasteiger partial charge >= 0.3 is 0 Å². The average Bonchev–Trinajstić information content (AvgIpc) is 3.11. The van der Waals surface area contributed by atoms with Gasteiger partial charge in [-0.2, -0.15) is 0 Å². The summed E-state index contributed by atoms with van der Waals surface area (Å²) in [7, 11) is 0. The van der Waals surface area contributed by atoms with Gasteiger partial charge in [0.2, 0.25) is 11.6 Å². The highest BCUT2D eigenvalue weighted by atomic mass is 19.1. The Labute approximate surface area is 158 Å². The van der Waals surface area contributed by atoms with E-state index in [1.807, 2.05) is 0 Å². The van der Waals surface area contributed by atoms with E-state index in [1.165, 1.54) is 12.1 Å². The summed E-state index contributed by atoms with van der Waals surface area (Å²) in [6.07, 6.45) is 1.68. The van der Waals surface area contributed by atoms with Crippen molar-refractivity contribution in [2.45, 2.75) is 13.5 Å². The highest BCUT2D eigenvalue weighted by Crippen LogP contribution is 2.19. The van der Waals surface area contributed by atoms with Gasteiger partial charge in [0.05, 0.1) is 5.56 Å². The van der Waals surface area contributed by atoms with Crippen LogP contribution in [0, 0.1) is 12.7 Å². The molecule has 28 heavy (non-hydrogen) atoms. The van der Waals surface area contributed by atoms with Crippen molar-refractivity contribution in [2.75, 3.05) is 5.32 Å². The fourth-order valence-corrected chi connectivity index (χ4v) is 2.73. The maximum atomic E-state index is 13.3. The van der Waals surface area contributed by atoms with Crippen LogP contribution in [0.2, 0.25) is 0 Å². The first-order valence-corrected chi connectivity index (χ1v) is 8.36. The number of aromatic nitrogens is 6. The summed E-state index contributed by atoms with van der Waals surface area (Å²) in [4.78, 5) is 16.0. The molecule has 0 spiro atoms. The Morgan fingerprint density at radius 3 is 2.82 bits per heavy atom. The highest BCUT2D eigenvalue weighted by Gasteiger charge is 2.17. The molecule has 10 heteroatoms. The number of hydrogen-bond donors (Lipinski definition) is 2. The number of fused-ring (bicyclic) bond motifs is 1. The Morgan fingerprint density at radius 2 is 2.04 bits per heavy atom. The van der Waals surface area contributed by atoms with Crippen LogP contribution in [0.25, 0.3) is 17.3 Å². The number of hydrogen-bond acceptors (Lipinski definition) is 7. The molecule has 0 aliphatic carbocycles. The zero-order chi connectivity index (χ0) is 19.7. The van der Waals surface area contributed by atoms with Crippen molar-refractivity contribution in [3.63, 3.8) is 0 Å². The lowest BCUT2D eigenvalue weighted by Crippen LogP contribution is -2.12. The predicted octanol–water partition coefficient (Wildman–Crippen LogP) is 1.74. The minimum absolute atomic E-state index is 0.224. The van der Waals surface area contributed by atoms with Gasteiger partial charge in [-0.25, -0.2) is 9.37 Å². The van der Waals surface area contributed by atoms with Crippen LogP contribution in [0.4, 0.5) is 10.2 Å². The molecule has 140 valence electrons. The molecule has 3 N–H and O–H groups in total. The highest BCUT2D eigenvalue weighted by molar-refractivity contribution is 5.98. The number of benzene rings is 1. The van der Waals surface area contributed by atoms with Gasteiger partial charge < -0.3 is 11.1 Å². The maximum Gasteiger partial charge on any atom is 0.252 e. The number of carbonyl (C=O) groups is 1. The number of aryl methyl sites for hydroxylation is 1. The van der Waals surface area contributed by atoms with E-state index in [4.69, 9.17) is 5.73 Å². The molecule has 0 atom stereocenters. The van der Waals surface area contributed by atoms with Gasteiger partial charge in [-0.15, -0.1) is 20.4 Å². The fourth-order valence-electron chi connectivity index (χ4n) is 2.73. The lowest BCUT2D eigenvalue weighted by Gasteiger charge is -2.09. The normalized spacial score (nSPS) is 10.9. The van der Waals surface area contributed by atoms with Gasteiger partial charge in [0.25, 0.3) is 5.91 Å². The van der Waals surface area contributed by atoms with E-state index in [2.05, 4.69) is 30.7 Å².